The lowest BCUT2D eigenvalue weighted by atomic mass is 9.89. The second-order valence-electron chi connectivity index (χ2n) is 13.3. The van der Waals surface area contributed by atoms with Crippen molar-refractivity contribution in [3.63, 3.8) is 0 Å². The number of ether oxygens (including phenoxy) is 3. The van der Waals surface area contributed by atoms with E-state index in [1.165, 1.54) is 0 Å². The molecule has 0 unspecified atom stereocenters. The van der Waals surface area contributed by atoms with E-state index in [1.54, 1.807) is 52.0 Å². The summed E-state index contributed by atoms with van der Waals surface area (Å²) < 4.78 is 16.1. The van der Waals surface area contributed by atoms with Gasteiger partial charge in [-0.05, 0) is 36.5 Å². The average Bonchev–Trinajstić information content (AvgIpc) is 3.44. The Labute approximate surface area is 315 Å². The third kappa shape index (κ3) is 17.6. The van der Waals surface area contributed by atoms with E-state index in [4.69, 9.17) is 19.9 Å². The minimum atomic E-state index is -0.851. The summed E-state index contributed by atoms with van der Waals surface area (Å²) in [4.78, 5) is 98.4. The van der Waals surface area contributed by atoms with E-state index >= 15 is 0 Å². The molecule has 0 spiro atoms. The van der Waals surface area contributed by atoms with Crippen molar-refractivity contribution >= 4 is 53.0 Å². The highest BCUT2D eigenvalue weighted by atomic mass is 16.5. The standard InChI is InChI=1S/C37H54N6O11/c1-24(2)34(42-31(46)14-18-52-20-21-53-19-16-39-30(45)13-17-43-32(47)11-12-33(43)48)29(44)22-27(6-5-15-40-37(38)51)35(49)41-28-9-7-26(8-10-28)23-54-36(50)25(3)4/h7-12,24-25,27,34H,5-6,13-23H2,1-4H3,(H,39,45)(H,41,49)(H,42,46)(H3,38,40,51)/t27-,34+/m1/s1. The number of carbonyl (C=O) groups is 8. The molecular formula is C37H54N6O11. The van der Waals surface area contributed by atoms with Gasteiger partial charge in [-0.3, -0.25) is 38.5 Å². The van der Waals surface area contributed by atoms with Crippen LogP contribution in [0.15, 0.2) is 36.4 Å². The Morgan fingerprint density at radius 3 is 2.06 bits per heavy atom. The molecule has 1 aromatic carbocycles. The zero-order valence-corrected chi connectivity index (χ0v) is 31.5. The van der Waals surface area contributed by atoms with Crippen LogP contribution in [-0.4, -0.2) is 104 Å². The number of primary amides is 1. The van der Waals surface area contributed by atoms with Gasteiger partial charge in [0.25, 0.3) is 11.8 Å². The predicted molar refractivity (Wildman–Crippen MR) is 196 cm³/mol. The maximum atomic E-state index is 13.5. The SMILES string of the molecule is CC(C)C(=O)OCc1ccc(NC(=O)[C@H](CCCNC(N)=O)CC(=O)[C@@H](NC(=O)CCOCCOCCNC(=O)CCN2C(=O)C=CC2=O)C(C)C)cc1. The van der Waals surface area contributed by atoms with Gasteiger partial charge in [0, 0.05) is 62.7 Å². The molecule has 0 saturated carbocycles. The molecule has 7 amide bonds. The highest BCUT2D eigenvalue weighted by Gasteiger charge is 2.29. The number of nitrogens with zero attached hydrogens (tertiary/aromatic N) is 1. The van der Waals surface area contributed by atoms with E-state index < -0.39 is 41.6 Å². The monoisotopic (exact) mass is 758 g/mol. The number of anilines is 1. The lowest BCUT2D eigenvalue weighted by Crippen LogP contribution is -2.45. The van der Waals surface area contributed by atoms with Gasteiger partial charge in [-0.1, -0.05) is 39.8 Å². The first-order valence-electron chi connectivity index (χ1n) is 18.0. The normalized spacial score (nSPS) is 13.5. The Morgan fingerprint density at radius 1 is 0.796 bits per heavy atom. The maximum Gasteiger partial charge on any atom is 0.312 e. The molecule has 17 nitrogen and oxygen atoms in total. The van der Waals surface area contributed by atoms with Crippen molar-refractivity contribution in [3.8, 4) is 0 Å². The van der Waals surface area contributed by atoms with Crippen molar-refractivity contribution in [2.24, 2.45) is 23.5 Å². The molecule has 0 saturated heterocycles. The largest absolute Gasteiger partial charge is 0.461 e. The molecule has 0 radical (unpaired) electrons. The van der Waals surface area contributed by atoms with Gasteiger partial charge in [-0.15, -0.1) is 0 Å². The highest BCUT2D eigenvalue weighted by molar-refractivity contribution is 6.13. The summed E-state index contributed by atoms with van der Waals surface area (Å²) in [5.74, 6) is -3.94. The molecule has 1 heterocycles. The fraction of sp³-hybridized carbons (Fsp3) is 0.568. The van der Waals surface area contributed by atoms with Crippen LogP contribution >= 0.6 is 0 Å². The van der Waals surface area contributed by atoms with Gasteiger partial charge in [0.05, 0.1) is 38.4 Å². The molecule has 0 aliphatic carbocycles. The summed E-state index contributed by atoms with van der Waals surface area (Å²) in [6, 6.07) is 5.23. The molecular weight excluding hydrogens is 704 g/mol. The molecule has 0 fully saturated rings. The van der Waals surface area contributed by atoms with Gasteiger partial charge in [0.1, 0.15) is 6.61 Å². The van der Waals surface area contributed by atoms with Crippen LogP contribution in [0, 0.1) is 17.8 Å². The molecule has 2 rings (SSSR count). The van der Waals surface area contributed by atoms with E-state index in [0.717, 1.165) is 22.6 Å². The van der Waals surface area contributed by atoms with Gasteiger partial charge in [0.15, 0.2) is 5.78 Å². The van der Waals surface area contributed by atoms with Crippen LogP contribution < -0.4 is 27.0 Å². The van der Waals surface area contributed by atoms with Crippen LogP contribution in [0.25, 0.3) is 0 Å². The third-order valence-corrected chi connectivity index (χ3v) is 8.13. The number of rotatable bonds is 26. The molecule has 2 atom stereocenters. The Balaban J connectivity index is 1.76. The maximum absolute atomic E-state index is 13.5. The fourth-order valence-corrected chi connectivity index (χ4v) is 5.07. The molecule has 0 bridgehead atoms. The quantitative estimate of drug-likeness (QED) is 0.0513. The molecule has 6 N–H and O–H groups in total. The molecule has 1 aromatic rings. The van der Waals surface area contributed by atoms with E-state index in [9.17, 15) is 38.4 Å². The number of carbonyl (C=O) groups excluding carboxylic acids is 8. The fourth-order valence-electron chi connectivity index (χ4n) is 5.07. The highest BCUT2D eigenvalue weighted by Crippen LogP contribution is 2.20. The number of Topliss-reactive ketones (excluding diaryl/α,β-unsaturated/α-hetero) is 1. The van der Waals surface area contributed by atoms with Gasteiger partial charge in [-0.25, -0.2) is 4.79 Å². The summed E-state index contributed by atoms with van der Waals surface area (Å²) in [5, 5.41) is 10.7. The van der Waals surface area contributed by atoms with Crippen LogP contribution in [0.5, 0.6) is 0 Å². The van der Waals surface area contributed by atoms with Crippen molar-refractivity contribution in [1.29, 1.82) is 0 Å². The van der Waals surface area contributed by atoms with Crippen molar-refractivity contribution in [2.45, 2.75) is 72.4 Å². The summed E-state index contributed by atoms with van der Waals surface area (Å²) in [7, 11) is 0. The first-order valence-corrected chi connectivity index (χ1v) is 18.0. The van der Waals surface area contributed by atoms with Gasteiger partial charge < -0.3 is 41.2 Å². The zero-order chi connectivity index (χ0) is 40.0. The minimum absolute atomic E-state index is 0.00179. The van der Waals surface area contributed by atoms with E-state index in [1.807, 2.05) is 0 Å². The molecule has 0 aromatic heterocycles. The average molecular weight is 759 g/mol. The van der Waals surface area contributed by atoms with E-state index in [2.05, 4.69) is 21.3 Å². The summed E-state index contributed by atoms with van der Waals surface area (Å²) >= 11 is 0. The Hall–Kier alpha value is -5.16. The third-order valence-electron chi connectivity index (χ3n) is 8.13. The van der Waals surface area contributed by atoms with E-state index in [-0.39, 0.29) is 108 Å². The van der Waals surface area contributed by atoms with Gasteiger partial charge in [-0.2, -0.15) is 0 Å². The molecule has 17 heteroatoms. The van der Waals surface area contributed by atoms with E-state index in [0.29, 0.717) is 12.1 Å². The number of nitrogens with one attached hydrogen (secondary N) is 4. The zero-order valence-electron chi connectivity index (χ0n) is 31.5. The first kappa shape index (κ1) is 45.0. The van der Waals surface area contributed by atoms with Crippen LogP contribution in [0.3, 0.4) is 0 Å². The predicted octanol–water partition coefficient (Wildman–Crippen LogP) is 1.34. The van der Waals surface area contributed by atoms with Crippen LogP contribution in [0.2, 0.25) is 0 Å². The number of amides is 7. The first-order chi connectivity index (χ1) is 25.7. The number of imide groups is 1. The van der Waals surface area contributed by atoms with Crippen molar-refractivity contribution < 1.29 is 52.6 Å². The number of nitrogens with two attached hydrogens (primary N) is 1. The number of ketones is 1. The Morgan fingerprint density at radius 2 is 1.44 bits per heavy atom. The summed E-state index contributed by atoms with van der Waals surface area (Å²) in [6.07, 6.45) is 2.78. The molecule has 1 aliphatic heterocycles. The summed E-state index contributed by atoms with van der Waals surface area (Å²) in [6.45, 7) is 8.28. The molecule has 298 valence electrons. The minimum Gasteiger partial charge on any atom is -0.461 e. The second-order valence-corrected chi connectivity index (χ2v) is 13.3. The molecule has 54 heavy (non-hydrogen) atoms. The van der Waals surface area contributed by atoms with Crippen molar-refractivity contribution in [1.82, 2.24) is 20.9 Å². The second kappa shape index (κ2) is 24.2. The molecule has 1 aliphatic rings. The Bertz CT molecular complexity index is 1460. The number of hydrogen-bond acceptors (Lipinski definition) is 11. The van der Waals surface area contributed by atoms with Crippen LogP contribution in [0.4, 0.5) is 10.5 Å². The van der Waals surface area contributed by atoms with Gasteiger partial charge >= 0.3 is 12.0 Å². The number of hydrogen-bond donors (Lipinski definition) is 5. The van der Waals surface area contributed by atoms with Crippen LogP contribution in [-0.2, 0) is 54.4 Å². The lowest BCUT2D eigenvalue weighted by molar-refractivity contribution is -0.148. The number of esters is 1. The Kier molecular flexibility index (Phi) is 20.2. The van der Waals surface area contributed by atoms with Crippen LogP contribution in [0.1, 0.15) is 65.4 Å². The number of urea groups is 1. The number of benzene rings is 1. The van der Waals surface area contributed by atoms with Crippen molar-refractivity contribution in [3.05, 3.63) is 42.0 Å². The van der Waals surface area contributed by atoms with Crippen molar-refractivity contribution in [2.75, 3.05) is 51.4 Å². The lowest BCUT2D eigenvalue weighted by Gasteiger charge is -2.24. The van der Waals surface area contributed by atoms with Gasteiger partial charge in [0.2, 0.25) is 17.7 Å². The topological polar surface area (TPSA) is 242 Å². The smallest absolute Gasteiger partial charge is 0.312 e. The summed E-state index contributed by atoms with van der Waals surface area (Å²) in [5.41, 5.74) is 6.38.